The third-order valence-corrected chi connectivity index (χ3v) is 6.56. The summed E-state index contributed by atoms with van der Waals surface area (Å²) in [6, 6.07) is 19.9. The minimum Gasteiger partial charge on any atom is -0.366 e. The van der Waals surface area contributed by atoms with E-state index >= 15 is 0 Å². The molecular formula is C24H23N2O3S. The van der Waals surface area contributed by atoms with Crippen molar-refractivity contribution in [2.45, 2.75) is 31.2 Å². The van der Waals surface area contributed by atoms with Crippen LogP contribution >= 0.6 is 0 Å². The van der Waals surface area contributed by atoms with Crippen molar-refractivity contribution in [3.05, 3.63) is 77.4 Å². The molecule has 1 radical (unpaired) electrons. The van der Waals surface area contributed by atoms with E-state index in [1.807, 2.05) is 24.3 Å². The van der Waals surface area contributed by atoms with Gasteiger partial charge in [-0.15, -0.1) is 0 Å². The number of nitrogens with zero attached hydrogens (tertiary/aromatic N) is 1. The lowest BCUT2D eigenvalue weighted by atomic mass is 10.0. The monoisotopic (exact) mass is 419 g/mol. The number of benzene rings is 3. The molecule has 0 saturated heterocycles. The molecule has 4 rings (SSSR count). The Morgan fingerprint density at radius 2 is 1.87 bits per heavy atom. The SMILES string of the molecule is CCCc1c[c]c2c3c(C(N)=O)cccc3n(Cc3ccccc3S(C)(=O)=O)c2c1. The number of rotatable bonds is 6. The topological polar surface area (TPSA) is 82.2 Å². The van der Waals surface area contributed by atoms with E-state index in [4.69, 9.17) is 5.73 Å². The number of aryl methyl sites for hydroxylation is 1. The van der Waals surface area contributed by atoms with Crippen molar-refractivity contribution >= 4 is 37.6 Å². The molecule has 0 atom stereocenters. The van der Waals surface area contributed by atoms with Crippen molar-refractivity contribution in [2.24, 2.45) is 5.73 Å². The van der Waals surface area contributed by atoms with Crippen LogP contribution in [0.15, 0.2) is 59.5 Å². The van der Waals surface area contributed by atoms with Gasteiger partial charge in [-0.3, -0.25) is 4.79 Å². The standard InChI is InChI=1S/C24H23N2O3S/c1-3-7-16-12-13-18-21(14-16)26(20-10-6-9-19(23(18)20)24(25)27)15-17-8-4-5-11-22(17)30(2,28)29/h4-6,8-12,14H,3,7,15H2,1-2H3,(H2,25,27). The summed E-state index contributed by atoms with van der Waals surface area (Å²) in [5.74, 6) is -0.498. The minimum atomic E-state index is -3.38. The summed E-state index contributed by atoms with van der Waals surface area (Å²) >= 11 is 0. The molecule has 0 bridgehead atoms. The normalized spacial score (nSPS) is 11.9. The van der Waals surface area contributed by atoms with E-state index in [0.29, 0.717) is 22.6 Å². The number of nitrogens with two attached hydrogens (primary N) is 1. The predicted molar refractivity (Wildman–Crippen MR) is 119 cm³/mol. The lowest BCUT2D eigenvalue weighted by Gasteiger charge is -2.12. The first kappa shape index (κ1) is 20.2. The van der Waals surface area contributed by atoms with Gasteiger partial charge in [0.2, 0.25) is 5.91 Å². The lowest BCUT2D eigenvalue weighted by Crippen LogP contribution is -2.11. The molecule has 30 heavy (non-hydrogen) atoms. The van der Waals surface area contributed by atoms with Crippen LogP contribution in [0.25, 0.3) is 21.8 Å². The number of carbonyl (C=O) groups is 1. The second-order valence-electron chi connectivity index (χ2n) is 7.55. The van der Waals surface area contributed by atoms with Gasteiger partial charge < -0.3 is 10.3 Å². The van der Waals surface area contributed by atoms with Crippen LogP contribution in [0.3, 0.4) is 0 Å². The Morgan fingerprint density at radius 1 is 1.10 bits per heavy atom. The maximum atomic E-state index is 12.3. The largest absolute Gasteiger partial charge is 0.366 e. The van der Waals surface area contributed by atoms with Crippen molar-refractivity contribution in [2.75, 3.05) is 6.26 Å². The lowest BCUT2D eigenvalue weighted by molar-refractivity contribution is 0.100. The number of fused-ring (bicyclic) bond motifs is 3. The van der Waals surface area contributed by atoms with Gasteiger partial charge in [-0.2, -0.15) is 0 Å². The Balaban J connectivity index is 2.04. The van der Waals surface area contributed by atoms with Crippen molar-refractivity contribution in [1.29, 1.82) is 0 Å². The minimum absolute atomic E-state index is 0.305. The average Bonchev–Trinajstić information content (AvgIpc) is 3.01. The fourth-order valence-electron chi connectivity index (χ4n) is 4.07. The molecule has 0 saturated carbocycles. The fraction of sp³-hybridized carbons (Fsp3) is 0.208. The zero-order valence-corrected chi connectivity index (χ0v) is 17.8. The highest BCUT2D eigenvalue weighted by atomic mass is 32.2. The number of sulfone groups is 1. The maximum absolute atomic E-state index is 12.3. The number of amides is 1. The summed E-state index contributed by atoms with van der Waals surface area (Å²) in [4.78, 5) is 12.4. The molecule has 1 aromatic heterocycles. The van der Waals surface area contributed by atoms with Crippen LogP contribution in [-0.2, 0) is 22.8 Å². The highest BCUT2D eigenvalue weighted by Gasteiger charge is 2.19. The number of primary amides is 1. The molecule has 1 heterocycles. The van der Waals surface area contributed by atoms with Gasteiger partial charge in [0.05, 0.1) is 15.9 Å². The third kappa shape index (κ3) is 3.48. The molecule has 0 unspecified atom stereocenters. The summed E-state index contributed by atoms with van der Waals surface area (Å²) < 4.78 is 26.7. The van der Waals surface area contributed by atoms with Gasteiger partial charge in [-0.1, -0.05) is 43.7 Å². The quantitative estimate of drug-likeness (QED) is 0.511. The van der Waals surface area contributed by atoms with E-state index in [0.717, 1.165) is 40.2 Å². The smallest absolute Gasteiger partial charge is 0.249 e. The first-order valence-corrected chi connectivity index (χ1v) is 11.7. The zero-order valence-electron chi connectivity index (χ0n) is 17.0. The molecule has 0 aliphatic rings. The maximum Gasteiger partial charge on any atom is 0.249 e. The second-order valence-corrected chi connectivity index (χ2v) is 9.53. The van der Waals surface area contributed by atoms with Gasteiger partial charge >= 0.3 is 0 Å². The third-order valence-electron chi connectivity index (χ3n) is 5.36. The van der Waals surface area contributed by atoms with E-state index in [2.05, 4.69) is 23.6 Å². The van der Waals surface area contributed by atoms with E-state index in [1.165, 1.54) is 6.26 Å². The summed E-state index contributed by atoms with van der Waals surface area (Å²) in [6.07, 6.45) is 3.13. The number of hydrogen-bond acceptors (Lipinski definition) is 3. The molecule has 2 N–H and O–H groups in total. The van der Waals surface area contributed by atoms with Gasteiger partial charge in [-0.25, -0.2) is 8.42 Å². The molecule has 0 fully saturated rings. The van der Waals surface area contributed by atoms with Crippen molar-refractivity contribution < 1.29 is 13.2 Å². The molecule has 0 aliphatic carbocycles. The summed E-state index contributed by atoms with van der Waals surface area (Å²) in [5.41, 5.74) is 9.67. The highest BCUT2D eigenvalue weighted by molar-refractivity contribution is 7.90. The molecule has 6 heteroatoms. The van der Waals surface area contributed by atoms with E-state index in [-0.39, 0.29) is 0 Å². The van der Waals surface area contributed by atoms with Crippen molar-refractivity contribution in [3.8, 4) is 0 Å². The summed E-state index contributed by atoms with van der Waals surface area (Å²) in [7, 11) is -3.38. The molecular weight excluding hydrogens is 396 g/mol. The fourth-order valence-corrected chi connectivity index (χ4v) is 5.01. The van der Waals surface area contributed by atoms with Gasteiger partial charge in [0.1, 0.15) is 0 Å². The average molecular weight is 420 g/mol. The predicted octanol–water partition coefficient (Wildman–Crippen LogP) is 4.10. The van der Waals surface area contributed by atoms with Crippen LogP contribution in [0.5, 0.6) is 0 Å². The van der Waals surface area contributed by atoms with E-state index in [9.17, 15) is 13.2 Å². The van der Waals surface area contributed by atoms with Gasteiger partial charge in [0, 0.05) is 29.1 Å². The summed E-state index contributed by atoms with van der Waals surface area (Å²) in [6.45, 7) is 2.47. The van der Waals surface area contributed by atoms with Crippen LogP contribution in [-0.4, -0.2) is 25.1 Å². The Labute approximate surface area is 176 Å². The number of aromatic nitrogens is 1. The first-order chi connectivity index (χ1) is 14.3. The van der Waals surface area contributed by atoms with Crippen LogP contribution in [0, 0.1) is 6.07 Å². The first-order valence-electron chi connectivity index (χ1n) is 9.84. The molecule has 5 nitrogen and oxygen atoms in total. The van der Waals surface area contributed by atoms with Gasteiger partial charge in [0.15, 0.2) is 9.84 Å². The van der Waals surface area contributed by atoms with Crippen LogP contribution in [0.1, 0.15) is 34.8 Å². The van der Waals surface area contributed by atoms with Crippen LogP contribution < -0.4 is 5.73 Å². The van der Waals surface area contributed by atoms with Crippen molar-refractivity contribution in [3.63, 3.8) is 0 Å². The molecule has 3 aromatic carbocycles. The molecule has 0 spiro atoms. The van der Waals surface area contributed by atoms with Gasteiger partial charge in [-0.05, 0) is 47.9 Å². The Morgan fingerprint density at radius 3 is 2.57 bits per heavy atom. The Kier molecular flexibility index (Phi) is 5.12. The molecule has 0 aliphatic heterocycles. The van der Waals surface area contributed by atoms with Gasteiger partial charge in [0.25, 0.3) is 0 Å². The van der Waals surface area contributed by atoms with Crippen LogP contribution in [0.4, 0.5) is 0 Å². The van der Waals surface area contributed by atoms with Crippen molar-refractivity contribution in [1.82, 2.24) is 4.57 Å². The Bertz CT molecular complexity index is 1380. The number of carbonyl (C=O) groups excluding carboxylic acids is 1. The highest BCUT2D eigenvalue weighted by Crippen LogP contribution is 2.33. The van der Waals surface area contributed by atoms with E-state index < -0.39 is 15.7 Å². The Hall–Kier alpha value is -3.12. The second kappa shape index (κ2) is 7.61. The molecule has 4 aromatic rings. The zero-order chi connectivity index (χ0) is 21.5. The van der Waals surface area contributed by atoms with E-state index in [1.54, 1.807) is 24.3 Å². The molecule has 153 valence electrons. The molecule has 1 amide bonds. The van der Waals surface area contributed by atoms with Crippen LogP contribution in [0.2, 0.25) is 0 Å². The number of hydrogen-bond donors (Lipinski definition) is 1. The summed E-state index contributed by atoms with van der Waals surface area (Å²) in [5, 5.41) is 1.57.